The molecule has 0 aromatic heterocycles. The van der Waals surface area contributed by atoms with Crippen LogP contribution < -0.4 is 5.32 Å². The number of nitrogens with one attached hydrogen (secondary N) is 1. The van der Waals surface area contributed by atoms with Gasteiger partial charge in [0.1, 0.15) is 0 Å². The third kappa shape index (κ3) is 4.51. The second kappa shape index (κ2) is 7.35. The summed E-state index contributed by atoms with van der Waals surface area (Å²) in [6.07, 6.45) is -0.935. The predicted molar refractivity (Wildman–Crippen MR) is 86.4 cm³/mol. The van der Waals surface area contributed by atoms with Gasteiger partial charge < -0.3 is 10.1 Å². The molecular formula is C18H17NO4. The molecule has 1 atom stereocenters. The number of anilines is 1. The van der Waals surface area contributed by atoms with Gasteiger partial charge in [-0.3, -0.25) is 9.59 Å². The highest BCUT2D eigenvalue weighted by atomic mass is 16.5. The molecule has 2 rings (SSSR count). The lowest BCUT2D eigenvalue weighted by molar-refractivity contribution is -0.123. The molecular weight excluding hydrogens is 294 g/mol. The van der Waals surface area contributed by atoms with Crippen LogP contribution in [0, 0.1) is 0 Å². The molecule has 0 aliphatic carbocycles. The van der Waals surface area contributed by atoms with Crippen LogP contribution in [0.4, 0.5) is 5.69 Å². The molecule has 0 aliphatic rings. The summed E-state index contributed by atoms with van der Waals surface area (Å²) in [5.41, 5.74) is 1.48. The van der Waals surface area contributed by atoms with Gasteiger partial charge in [-0.25, -0.2) is 4.79 Å². The van der Waals surface area contributed by atoms with E-state index in [1.54, 1.807) is 54.6 Å². The molecule has 0 aliphatic heterocycles. The first-order valence-corrected chi connectivity index (χ1v) is 7.15. The molecule has 0 radical (unpaired) electrons. The molecule has 5 nitrogen and oxygen atoms in total. The van der Waals surface area contributed by atoms with Crippen LogP contribution >= 0.6 is 0 Å². The second-order valence-electron chi connectivity index (χ2n) is 5.04. The van der Waals surface area contributed by atoms with Gasteiger partial charge in [-0.1, -0.05) is 18.2 Å². The zero-order chi connectivity index (χ0) is 16.8. The predicted octanol–water partition coefficient (Wildman–Crippen LogP) is 3.07. The number of esters is 1. The summed E-state index contributed by atoms with van der Waals surface area (Å²) >= 11 is 0. The Bertz CT molecular complexity index is 708. The van der Waals surface area contributed by atoms with Crippen LogP contribution in [0.15, 0.2) is 54.6 Å². The summed E-state index contributed by atoms with van der Waals surface area (Å²) < 4.78 is 5.13. The second-order valence-corrected chi connectivity index (χ2v) is 5.04. The van der Waals surface area contributed by atoms with Crippen molar-refractivity contribution in [1.82, 2.24) is 0 Å². The smallest absolute Gasteiger partial charge is 0.338 e. The van der Waals surface area contributed by atoms with Gasteiger partial charge in [0.2, 0.25) is 0 Å². The topological polar surface area (TPSA) is 72.5 Å². The van der Waals surface area contributed by atoms with E-state index < -0.39 is 18.0 Å². The van der Waals surface area contributed by atoms with Crippen molar-refractivity contribution >= 4 is 23.3 Å². The Kier molecular flexibility index (Phi) is 5.25. The molecule has 0 saturated heterocycles. The molecule has 2 aromatic carbocycles. The van der Waals surface area contributed by atoms with E-state index in [0.29, 0.717) is 16.8 Å². The summed E-state index contributed by atoms with van der Waals surface area (Å²) in [5, 5.41) is 2.64. The molecule has 1 amide bonds. The van der Waals surface area contributed by atoms with Crippen LogP contribution in [-0.2, 0) is 9.53 Å². The summed E-state index contributed by atoms with van der Waals surface area (Å²) in [6.45, 7) is 2.97. The molecule has 0 spiro atoms. The van der Waals surface area contributed by atoms with Gasteiger partial charge in [-0.15, -0.1) is 0 Å². The zero-order valence-electron chi connectivity index (χ0n) is 12.9. The lowest BCUT2D eigenvalue weighted by Gasteiger charge is -2.13. The van der Waals surface area contributed by atoms with E-state index in [9.17, 15) is 14.4 Å². The Hall–Kier alpha value is -2.95. The van der Waals surface area contributed by atoms with Crippen molar-refractivity contribution in [3.63, 3.8) is 0 Å². The Labute approximate surface area is 134 Å². The minimum Gasteiger partial charge on any atom is -0.449 e. The van der Waals surface area contributed by atoms with E-state index in [-0.39, 0.29) is 5.78 Å². The van der Waals surface area contributed by atoms with Crippen LogP contribution in [0.5, 0.6) is 0 Å². The molecule has 23 heavy (non-hydrogen) atoms. The summed E-state index contributed by atoms with van der Waals surface area (Å²) in [4.78, 5) is 35.1. The third-order valence-electron chi connectivity index (χ3n) is 3.22. The molecule has 1 N–H and O–H groups in total. The maximum Gasteiger partial charge on any atom is 0.338 e. The highest BCUT2D eigenvalue weighted by Gasteiger charge is 2.18. The molecule has 0 unspecified atom stereocenters. The average molecular weight is 311 g/mol. The molecule has 0 saturated carbocycles. The summed E-state index contributed by atoms with van der Waals surface area (Å²) in [5.74, 6) is -1.04. The summed E-state index contributed by atoms with van der Waals surface area (Å²) in [6, 6.07) is 15.0. The van der Waals surface area contributed by atoms with Crippen LogP contribution in [0.2, 0.25) is 0 Å². The lowest BCUT2D eigenvalue weighted by atomic mass is 10.1. The minimum absolute atomic E-state index is 0.0481. The van der Waals surface area contributed by atoms with Gasteiger partial charge in [0, 0.05) is 11.3 Å². The molecule has 0 bridgehead atoms. The maximum absolute atomic E-state index is 12.0. The Morgan fingerprint density at radius 2 is 1.52 bits per heavy atom. The number of amides is 1. The minimum atomic E-state index is -0.935. The number of carbonyl (C=O) groups is 3. The van der Waals surface area contributed by atoms with E-state index in [2.05, 4.69) is 5.32 Å². The van der Waals surface area contributed by atoms with Crippen molar-refractivity contribution in [1.29, 1.82) is 0 Å². The van der Waals surface area contributed by atoms with Crippen molar-refractivity contribution in [2.75, 3.05) is 5.32 Å². The van der Waals surface area contributed by atoms with Gasteiger partial charge in [0.15, 0.2) is 11.9 Å². The van der Waals surface area contributed by atoms with E-state index in [1.165, 1.54) is 13.8 Å². The Morgan fingerprint density at radius 3 is 2.09 bits per heavy atom. The van der Waals surface area contributed by atoms with Crippen molar-refractivity contribution in [3.05, 3.63) is 65.7 Å². The Morgan fingerprint density at radius 1 is 0.913 bits per heavy atom. The van der Waals surface area contributed by atoms with Crippen molar-refractivity contribution < 1.29 is 19.1 Å². The van der Waals surface area contributed by atoms with E-state index >= 15 is 0 Å². The molecule has 0 fully saturated rings. The lowest BCUT2D eigenvalue weighted by Crippen LogP contribution is -2.30. The van der Waals surface area contributed by atoms with Crippen LogP contribution in [0.25, 0.3) is 0 Å². The SMILES string of the molecule is CC(=O)c1ccc(NC(=O)[C@@H](C)OC(=O)c2ccccc2)cc1. The largest absolute Gasteiger partial charge is 0.449 e. The monoisotopic (exact) mass is 311 g/mol. The number of Topliss-reactive ketones (excluding diaryl/α,β-unsaturated/α-hetero) is 1. The molecule has 2 aromatic rings. The fraction of sp³-hybridized carbons (Fsp3) is 0.167. The number of ketones is 1. The molecule has 5 heteroatoms. The first kappa shape index (κ1) is 16.4. The number of benzene rings is 2. The number of hydrogen-bond donors (Lipinski definition) is 1. The fourth-order valence-electron chi connectivity index (χ4n) is 1.89. The zero-order valence-corrected chi connectivity index (χ0v) is 12.9. The fourth-order valence-corrected chi connectivity index (χ4v) is 1.89. The van der Waals surface area contributed by atoms with Crippen LogP contribution in [-0.4, -0.2) is 23.8 Å². The van der Waals surface area contributed by atoms with Gasteiger partial charge in [0.05, 0.1) is 5.56 Å². The molecule has 0 heterocycles. The number of carbonyl (C=O) groups excluding carboxylic acids is 3. The first-order valence-electron chi connectivity index (χ1n) is 7.15. The summed E-state index contributed by atoms with van der Waals surface area (Å²) in [7, 11) is 0. The first-order chi connectivity index (χ1) is 11.0. The third-order valence-corrected chi connectivity index (χ3v) is 3.22. The van der Waals surface area contributed by atoms with Crippen molar-refractivity contribution in [3.8, 4) is 0 Å². The number of rotatable bonds is 5. The van der Waals surface area contributed by atoms with E-state index in [1.807, 2.05) is 0 Å². The van der Waals surface area contributed by atoms with Crippen LogP contribution in [0.1, 0.15) is 34.6 Å². The average Bonchev–Trinajstić information content (AvgIpc) is 2.56. The van der Waals surface area contributed by atoms with E-state index in [0.717, 1.165) is 0 Å². The van der Waals surface area contributed by atoms with Crippen LogP contribution in [0.3, 0.4) is 0 Å². The highest BCUT2D eigenvalue weighted by molar-refractivity contribution is 5.98. The maximum atomic E-state index is 12.0. The van der Waals surface area contributed by atoms with Crippen molar-refractivity contribution in [2.45, 2.75) is 20.0 Å². The number of ether oxygens (including phenoxy) is 1. The van der Waals surface area contributed by atoms with Gasteiger partial charge in [-0.05, 0) is 50.2 Å². The quantitative estimate of drug-likeness (QED) is 0.680. The highest BCUT2D eigenvalue weighted by Crippen LogP contribution is 2.11. The number of hydrogen-bond acceptors (Lipinski definition) is 4. The van der Waals surface area contributed by atoms with E-state index in [4.69, 9.17) is 4.74 Å². The van der Waals surface area contributed by atoms with Gasteiger partial charge in [0.25, 0.3) is 5.91 Å². The van der Waals surface area contributed by atoms with Gasteiger partial charge in [-0.2, -0.15) is 0 Å². The Balaban J connectivity index is 1.94. The standard InChI is InChI=1S/C18H17NO4/c1-12(20)14-8-10-16(11-9-14)19-17(21)13(2)23-18(22)15-6-4-3-5-7-15/h3-11,13H,1-2H3,(H,19,21)/t13-/m1/s1. The van der Waals surface area contributed by atoms with Crippen molar-refractivity contribution in [2.24, 2.45) is 0 Å². The molecule has 118 valence electrons. The van der Waals surface area contributed by atoms with Gasteiger partial charge >= 0.3 is 5.97 Å². The normalized spacial score (nSPS) is 11.4.